The first kappa shape index (κ1) is 6.89. The molecule has 1 aliphatic rings. The molecule has 1 aliphatic carbocycles. The topological polar surface area (TPSA) is 21.5 Å². The Kier molecular flexibility index (Phi) is 1.18. The van der Waals surface area contributed by atoms with Crippen LogP contribution in [0.3, 0.4) is 0 Å². The molecule has 0 atom stereocenters. The van der Waals surface area contributed by atoms with E-state index in [1.807, 2.05) is 30.5 Å². The molecule has 2 nitrogen and oxygen atoms in total. The van der Waals surface area contributed by atoms with Gasteiger partial charge in [-0.1, -0.05) is 6.07 Å². The molecule has 0 amide bonds. The third-order valence-corrected chi connectivity index (χ3v) is 2.67. The van der Waals surface area contributed by atoms with Gasteiger partial charge in [-0.25, -0.2) is 0 Å². The standard InChI is InChI=1S/C11H9NO/c13-11-5-4-10-9(11)7-8-3-1-2-6-12(8)10/h1-3,6-7H,4-5H2. The number of fused-ring (bicyclic) bond motifs is 3. The minimum atomic E-state index is 0.290. The molecule has 2 heteroatoms. The van der Waals surface area contributed by atoms with Crippen molar-refractivity contribution in [3.63, 3.8) is 0 Å². The van der Waals surface area contributed by atoms with E-state index in [1.165, 1.54) is 5.69 Å². The van der Waals surface area contributed by atoms with Crippen molar-refractivity contribution in [3.05, 3.63) is 41.7 Å². The van der Waals surface area contributed by atoms with Gasteiger partial charge >= 0.3 is 0 Å². The lowest BCUT2D eigenvalue weighted by Gasteiger charge is -1.96. The zero-order valence-corrected chi connectivity index (χ0v) is 7.16. The van der Waals surface area contributed by atoms with Crippen molar-refractivity contribution in [2.75, 3.05) is 0 Å². The molecule has 2 aromatic rings. The molecule has 0 saturated carbocycles. The summed E-state index contributed by atoms with van der Waals surface area (Å²) in [6.07, 6.45) is 3.60. The molecule has 0 aromatic carbocycles. The van der Waals surface area contributed by atoms with Gasteiger partial charge in [0.15, 0.2) is 5.78 Å². The number of hydrogen-bond acceptors (Lipinski definition) is 1. The number of nitrogens with zero attached hydrogens (tertiary/aromatic N) is 1. The first-order valence-electron chi connectivity index (χ1n) is 4.48. The zero-order chi connectivity index (χ0) is 8.84. The van der Waals surface area contributed by atoms with E-state index in [-0.39, 0.29) is 0 Å². The monoisotopic (exact) mass is 171 g/mol. The number of carbonyl (C=O) groups is 1. The van der Waals surface area contributed by atoms with Crippen molar-refractivity contribution in [2.45, 2.75) is 12.8 Å². The predicted molar refractivity (Wildman–Crippen MR) is 50.0 cm³/mol. The summed E-state index contributed by atoms with van der Waals surface area (Å²) in [5.74, 6) is 0.290. The molecule has 3 rings (SSSR count). The van der Waals surface area contributed by atoms with Gasteiger partial charge in [0.2, 0.25) is 0 Å². The van der Waals surface area contributed by atoms with E-state index < -0.39 is 0 Å². The van der Waals surface area contributed by atoms with Crippen molar-refractivity contribution in [1.29, 1.82) is 0 Å². The summed E-state index contributed by atoms with van der Waals surface area (Å²) in [5.41, 5.74) is 3.23. The first-order chi connectivity index (χ1) is 6.36. The Morgan fingerprint density at radius 2 is 2.15 bits per heavy atom. The third-order valence-electron chi connectivity index (χ3n) is 2.67. The number of hydrogen-bond donors (Lipinski definition) is 0. The van der Waals surface area contributed by atoms with Crippen LogP contribution in [0.1, 0.15) is 22.5 Å². The summed E-state index contributed by atoms with van der Waals surface area (Å²) in [7, 11) is 0. The second-order valence-electron chi connectivity index (χ2n) is 3.42. The van der Waals surface area contributed by atoms with Crippen LogP contribution in [0.15, 0.2) is 30.5 Å². The highest BCUT2D eigenvalue weighted by atomic mass is 16.1. The molecule has 0 spiro atoms. The van der Waals surface area contributed by atoms with Crippen molar-refractivity contribution >= 4 is 11.3 Å². The summed E-state index contributed by atoms with van der Waals surface area (Å²) in [4.78, 5) is 11.4. The van der Waals surface area contributed by atoms with Crippen molar-refractivity contribution in [3.8, 4) is 0 Å². The van der Waals surface area contributed by atoms with E-state index in [1.54, 1.807) is 0 Å². The second kappa shape index (κ2) is 2.22. The molecule has 0 fully saturated rings. The van der Waals surface area contributed by atoms with Gasteiger partial charge in [0.25, 0.3) is 0 Å². The Balaban J connectivity index is 2.44. The lowest BCUT2D eigenvalue weighted by atomic mass is 10.2. The van der Waals surface area contributed by atoms with Crippen LogP contribution in [0.4, 0.5) is 0 Å². The average Bonchev–Trinajstić information content (AvgIpc) is 2.67. The van der Waals surface area contributed by atoms with E-state index >= 15 is 0 Å². The quantitative estimate of drug-likeness (QED) is 0.594. The number of Topliss-reactive ketones (excluding diaryl/α,β-unsaturated/α-hetero) is 1. The minimum Gasteiger partial charge on any atom is -0.320 e. The van der Waals surface area contributed by atoms with Crippen LogP contribution in [0.5, 0.6) is 0 Å². The van der Waals surface area contributed by atoms with Crippen LogP contribution in [0.25, 0.3) is 5.52 Å². The maximum atomic E-state index is 11.4. The Morgan fingerprint density at radius 1 is 1.23 bits per heavy atom. The van der Waals surface area contributed by atoms with Gasteiger partial charge in [0, 0.05) is 29.4 Å². The van der Waals surface area contributed by atoms with Crippen LogP contribution in [-0.2, 0) is 6.42 Å². The first-order valence-corrected chi connectivity index (χ1v) is 4.48. The van der Waals surface area contributed by atoms with Crippen LogP contribution < -0.4 is 0 Å². The summed E-state index contributed by atoms with van der Waals surface area (Å²) < 4.78 is 2.11. The van der Waals surface area contributed by atoms with Crippen LogP contribution >= 0.6 is 0 Å². The van der Waals surface area contributed by atoms with Crippen molar-refractivity contribution in [1.82, 2.24) is 4.40 Å². The predicted octanol–water partition coefficient (Wildman–Crippen LogP) is 2.07. The molecule has 0 N–H and O–H groups in total. The minimum absolute atomic E-state index is 0.290. The highest BCUT2D eigenvalue weighted by molar-refractivity contribution is 6.01. The lowest BCUT2D eigenvalue weighted by molar-refractivity contribution is 0.0994. The highest BCUT2D eigenvalue weighted by Gasteiger charge is 2.22. The molecule has 64 valence electrons. The molecule has 2 heterocycles. The van der Waals surface area contributed by atoms with Crippen molar-refractivity contribution < 1.29 is 4.79 Å². The van der Waals surface area contributed by atoms with Crippen LogP contribution in [0.2, 0.25) is 0 Å². The van der Waals surface area contributed by atoms with Gasteiger partial charge in [0.1, 0.15) is 0 Å². The molecule has 13 heavy (non-hydrogen) atoms. The molecular weight excluding hydrogens is 162 g/mol. The molecule has 0 unspecified atom stereocenters. The Hall–Kier alpha value is -1.57. The molecule has 0 aliphatic heterocycles. The van der Waals surface area contributed by atoms with Gasteiger partial charge in [-0.05, 0) is 24.6 Å². The van der Waals surface area contributed by atoms with Crippen LogP contribution in [-0.4, -0.2) is 10.2 Å². The van der Waals surface area contributed by atoms with E-state index in [0.29, 0.717) is 12.2 Å². The summed E-state index contributed by atoms with van der Waals surface area (Å²) in [6.45, 7) is 0. The average molecular weight is 171 g/mol. The van der Waals surface area contributed by atoms with Gasteiger partial charge in [-0.3, -0.25) is 4.79 Å². The largest absolute Gasteiger partial charge is 0.320 e. The highest BCUT2D eigenvalue weighted by Crippen LogP contribution is 2.25. The Bertz CT molecular complexity index is 496. The maximum absolute atomic E-state index is 11.4. The number of carbonyl (C=O) groups excluding carboxylic acids is 1. The third kappa shape index (κ3) is 0.800. The Morgan fingerprint density at radius 3 is 3.08 bits per heavy atom. The van der Waals surface area contributed by atoms with E-state index in [4.69, 9.17) is 0 Å². The number of rotatable bonds is 0. The number of aromatic nitrogens is 1. The summed E-state index contributed by atoms with van der Waals surface area (Å²) in [6, 6.07) is 8.02. The van der Waals surface area contributed by atoms with Gasteiger partial charge in [0.05, 0.1) is 0 Å². The van der Waals surface area contributed by atoms with Crippen LogP contribution in [0, 0.1) is 0 Å². The summed E-state index contributed by atoms with van der Waals surface area (Å²) >= 11 is 0. The fourth-order valence-corrected chi connectivity index (χ4v) is 2.04. The molecular formula is C11H9NO. The molecule has 0 radical (unpaired) electrons. The zero-order valence-electron chi connectivity index (χ0n) is 7.16. The van der Waals surface area contributed by atoms with Crippen molar-refractivity contribution in [2.24, 2.45) is 0 Å². The molecule has 2 aromatic heterocycles. The fourth-order valence-electron chi connectivity index (χ4n) is 2.04. The molecule has 0 saturated heterocycles. The van der Waals surface area contributed by atoms with Gasteiger partial charge < -0.3 is 4.40 Å². The smallest absolute Gasteiger partial charge is 0.165 e. The summed E-state index contributed by atoms with van der Waals surface area (Å²) in [5, 5.41) is 0. The van der Waals surface area contributed by atoms with E-state index in [0.717, 1.165) is 17.5 Å². The Labute approximate surface area is 75.8 Å². The maximum Gasteiger partial charge on any atom is 0.165 e. The SMILES string of the molecule is O=C1CCc2c1cc1ccccn21. The van der Waals surface area contributed by atoms with E-state index in [9.17, 15) is 4.79 Å². The number of aryl methyl sites for hydroxylation is 1. The van der Waals surface area contributed by atoms with Gasteiger partial charge in [-0.2, -0.15) is 0 Å². The normalized spacial score (nSPS) is 15.2. The van der Waals surface area contributed by atoms with E-state index in [2.05, 4.69) is 4.40 Å². The van der Waals surface area contributed by atoms with Gasteiger partial charge in [-0.15, -0.1) is 0 Å². The number of ketones is 1. The fraction of sp³-hybridized carbons (Fsp3) is 0.182. The number of pyridine rings is 1. The second-order valence-corrected chi connectivity index (χ2v) is 3.42. The molecule has 0 bridgehead atoms. The lowest BCUT2D eigenvalue weighted by Crippen LogP contribution is -1.88.